The minimum atomic E-state index is -0.690. The Bertz CT molecular complexity index is 366. The average molecular weight is 250 g/mol. The van der Waals surface area contributed by atoms with Gasteiger partial charge in [-0.1, -0.05) is 0 Å². The standard InChI is InChI=1S/C8H11N3O4.ClH/c1-9-4-5-10-8(12)6-2-3-7(15-6)11(13)14;/h2-3,9H,4-5H2,1H3,(H,10,12);1H. The van der Waals surface area contributed by atoms with Gasteiger partial charge in [0.1, 0.15) is 4.92 Å². The van der Waals surface area contributed by atoms with Gasteiger partial charge in [-0.2, -0.15) is 0 Å². The second-order valence-corrected chi connectivity index (χ2v) is 2.75. The van der Waals surface area contributed by atoms with Crippen molar-refractivity contribution >= 4 is 24.2 Å². The van der Waals surface area contributed by atoms with E-state index in [9.17, 15) is 14.9 Å². The summed E-state index contributed by atoms with van der Waals surface area (Å²) in [5.74, 6) is -0.954. The van der Waals surface area contributed by atoms with Gasteiger partial charge in [-0.3, -0.25) is 14.9 Å². The van der Waals surface area contributed by atoms with Crippen LogP contribution in [0.5, 0.6) is 0 Å². The molecule has 1 aromatic heterocycles. The molecule has 7 nitrogen and oxygen atoms in total. The number of hydrogen-bond acceptors (Lipinski definition) is 5. The number of furan rings is 1. The predicted molar refractivity (Wildman–Crippen MR) is 58.9 cm³/mol. The second-order valence-electron chi connectivity index (χ2n) is 2.75. The van der Waals surface area contributed by atoms with Gasteiger partial charge >= 0.3 is 5.88 Å². The molecule has 0 atom stereocenters. The Morgan fingerprint density at radius 3 is 2.69 bits per heavy atom. The van der Waals surface area contributed by atoms with Gasteiger partial charge in [0.05, 0.1) is 6.07 Å². The highest BCUT2D eigenvalue weighted by atomic mass is 35.5. The van der Waals surface area contributed by atoms with E-state index < -0.39 is 16.7 Å². The number of carbonyl (C=O) groups excluding carboxylic acids is 1. The SMILES string of the molecule is CNCCNC(=O)c1ccc([N+](=O)[O-])o1.Cl. The van der Waals surface area contributed by atoms with Crippen molar-refractivity contribution in [2.45, 2.75) is 0 Å². The maximum Gasteiger partial charge on any atom is 0.433 e. The number of hydrogen-bond donors (Lipinski definition) is 2. The first-order chi connectivity index (χ1) is 7.15. The van der Waals surface area contributed by atoms with Crippen LogP contribution in [0.25, 0.3) is 0 Å². The van der Waals surface area contributed by atoms with E-state index in [4.69, 9.17) is 4.42 Å². The summed E-state index contributed by atoms with van der Waals surface area (Å²) < 4.78 is 4.71. The highest BCUT2D eigenvalue weighted by Crippen LogP contribution is 2.14. The lowest BCUT2D eigenvalue weighted by Gasteiger charge is -2.00. The van der Waals surface area contributed by atoms with Crippen molar-refractivity contribution in [3.8, 4) is 0 Å². The first-order valence-electron chi connectivity index (χ1n) is 4.32. The molecular weight excluding hydrogens is 238 g/mol. The molecule has 1 amide bonds. The van der Waals surface area contributed by atoms with Crippen LogP contribution in [-0.2, 0) is 0 Å². The Kier molecular flexibility index (Phi) is 6.12. The Labute approximate surface area is 97.8 Å². The molecule has 0 aromatic carbocycles. The summed E-state index contributed by atoms with van der Waals surface area (Å²) in [6, 6.07) is 2.42. The fraction of sp³-hybridized carbons (Fsp3) is 0.375. The lowest BCUT2D eigenvalue weighted by atomic mass is 10.4. The Morgan fingerprint density at radius 2 is 2.19 bits per heavy atom. The van der Waals surface area contributed by atoms with Crippen LogP contribution in [0.3, 0.4) is 0 Å². The van der Waals surface area contributed by atoms with Crippen molar-refractivity contribution in [2.75, 3.05) is 20.1 Å². The molecule has 1 rings (SSSR count). The summed E-state index contributed by atoms with van der Waals surface area (Å²) in [6.45, 7) is 1.05. The van der Waals surface area contributed by atoms with Gasteiger partial charge in [-0.25, -0.2) is 0 Å². The van der Waals surface area contributed by atoms with Crippen LogP contribution in [0.1, 0.15) is 10.6 Å². The number of halogens is 1. The Hall–Kier alpha value is -1.60. The number of rotatable bonds is 5. The van der Waals surface area contributed by atoms with Crippen molar-refractivity contribution < 1.29 is 14.1 Å². The lowest BCUT2D eigenvalue weighted by Crippen LogP contribution is -2.30. The van der Waals surface area contributed by atoms with Crippen molar-refractivity contribution in [1.29, 1.82) is 0 Å². The molecule has 0 radical (unpaired) electrons. The largest absolute Gasteiger partial charge is 0.433 e. The van der Waals surface area contributed by atoms with E-state index in [-0.39, 0.29) is 18.2 Å². The molecule has 1 aromatic rings. The molecule has 0 aliphatic carbocycles. The van der Waals surface area contributed by atoms with Gasteiger partial charge in [0.25, 0.3) is 5.91 Å². The molecule has 0 saturated carbocycles. The molecule has 0 spiro atoms. The summed E-state index contributed by atoms with van der Waals surface area (Å²) >= 11 is 0. The highest BCUT2D eigenvalue weighted by Gasteiger charge is 2.16. The zero-order chi connectivity index (χ0) is 11.3. The maximum absolute atomic E-state index is 11.3. The van der Waals surface area contributed by atoms with E-state index in [1.807, 2.05) is 0 Å². The molecule has 2 N–H and O–H groups in total. The molecule has 0 saturated heterocycles. The smallest absolute Gasteiger partial charge is 0.395 e. The van der Waals surface area contributed by atoms with Crippen molar-refractivity contribution in [1.82, 2.24) is 10.6 Å². The molecule has 1 heterocycles. The maximum atomic E-state index is 11.3. The van der Waals surface area contributed by atoms with E-state index in [0.29, 0.717) is 13.1 Å². The molecule has 0 fully saturated rings. The number of nitrogens with zero attached hydrogens (tertiary/aromatic N) is 1. The van der Waals surface area contributed by atoms with Crippen LogP contribution >= 0.6 is 12.4 Å². The second kappa shape index (κ2) is 6.81. The molecule has 0 unspecified atom stereocenters. The van der Waals surface area contributed by atoms with Crippen LogP contribution in [0.2, 0.25) is 0 Å². The van der Waals surface area contributed by atoms with Gasteiger partial charge in [-0.15, -0.1) is 12.4 Å². The van der Waals surface area contributed by atoms with E-state index in [1.165, 1.54) is 6.07 Å². The van der Waals surface area contributed by atoms with Crippen LogP contribution in [-0.4, -0.2) is 31.0 Å². The first-order valence-corrected chi connectivity index (χ1v) is 4.32. The third-order valence-electron chi connectivity index (χ3n) is 1.66. The Morgan fingerprint density at radius 1 is 1.50 bits per heavy atom. The van der Waals surface area contributed by atoms with Crippen LogP contribution in [0.15, 0.2) is 16.5 Å². The molecule has 90 valence electrons. The van der Waals surface area contributed by atoms with Crippen molar-refractivity contribution in [3.63, 3.8) is 0 Å². The fourth-order valence-electron chi connectivity index (χ4n) is 0.936. The van der Waals surface area contributed by atoms with Gasteiger partial charge in [-0.05, 0) is 13.1 Å². The minimum absolute atomic E-state index is 0. The fourth-order valence-corrected chi connectivity index (χ4v) is 0.936. The summed E-state index contributed by atoms with van der Waals surface area (Å²) in [4.78, 5) is 20.9. The first kappa shape index (κ1) is 14.4. The summed E-state index contributed by atoms with van der Waals surface area (Å²) in [6.07, 6.45) is 0. The van der Waals surface area contributed by atoms with E-state index in [2.05, 4.69) is 10.6 Å². The summed E-state index contributed by atoms with van der Waals surface area (Å²) in [7, 11) is 1.75. The normalized spacial score (nSPS) is 9.31. The lowest BCUT2D eigenvalue weighted by molar-refractivity contribution is -0.402. The average Bonchev–Trinajstić information content (AvgIpc) is 2.66. The third-order valence-corrected chi connectivity index (χ3v) is 1.66. The van der Waals surface area contributed by atoms with E-state index >= 15 is 0 Å². The number of likely N-dealkylation sites (N-methyl/N-ethyl adjacent to an activating group) is 1. The van der Waals surface area contributed by atoms with Crippen LogP contribution < -0.4 is 10.6 Å². The zero-order valence-electron chi connectivity index (χ0n) is 8.56. The zero-order valence-corrected chi connectivity index (χ0v) is 9.37. The molecular formula is C8H12ClN3O4. The monoisotopic (exact) mass is 249 g/mol. The topological polar surface area (TPSA) is 97.4 Å². The van der Waals surface area contributed by atoms with Crippen molar-refractivity contribution in [2.24, 2.45) is 0 Å². The highest BCUT2D eigenvalue weighted by molar-refractivity contribution is 5.91. The molecule has 16 heavy (non-hydrogen) atoms. The molecule has 0 aliphatic heterocycles. The van der Waals surface area contributed by atoms with Gasteiger partial charge in [0.15, 0.2) is 5.76 Å². The minimum Gasteiger partial charge on any atom is -0.395 e. The third kappa shape index (κ3) is 3.87. The number of nitro groups is 1. The predicted octanol–water partition coefficient (Wildman–Crippen LogP) is 0.559. The number of nitrogens with one attached hydrogen (secondary N) is 2. The van der Waals surface area contributed by atoms with E-state index in [1.54, 1.807) is 7.05 Å². The van der Waals surface area contributed by atoms with Crippen LogP contribution in [0.4, 0.5) is 5.88 Å². The molecule has 0 bridgehead atoms. The number of amides is 1. The quantitative estimate of drug-likeness (QED) is 0.451. The van der Waals surface area contributed by atoms with Crippen LogP contribution in [0, 0.1) is 10.1 Å². The summed E-state index contributed by atoms with van der Waals surface area (Å²) in [5.41, 5.74) is 0. The van der Waals surface area contributed by atoms with Gasteiger partial charge < -0.3 is 15.1 Å². The molecule has 0 aliphatic rings. The number of carbonyl (C=O) groups is 1. The van der Waals surface area contributed by atoms with Gasteiger partial charge in [0, 0.05) is 13.1 Å². The Balaban J connectivity index is 0.00000225. The van der Waals surface area contributed by atoms with E-state index in [0.717, 1.165) is 6.07 Å². The van der Waals surface area contributed by atoms with Gasteiger partial charge in [0.2, 0.25) is 0 Å². The molecule has 8 heteroatoms. The van der Waals surface area contributed by atoms with Crippen molar-refractivity contribution in [3.05, 3.63) is 28.0 Å². The summed E-state index contributed by atoms with van der Waals surface area (Å²) in [5, 5.41) is 15.6.